The van der Waals surface area contributed by atoms with Gasteiger partial charge in [0.05, 0.1) is 18.8 Å². The van der Waals surface area contributed by atoms with Crippen molar-refractivity contribution in [1.29, 1.82) is 0 Å². The maximum absolute atomic E-state index is 10.5. The van der Waals surface area contributed by atoms with Crippen LogP contribution in [-0.4, -0.2) is 15.4 Å². The van der Waals surface area contributed by atoms with Crippen molar-refractivity contribution in [3.63, 3.8) is 0 Å². The van der Waals surface area contributed by atoms with Crippen LogP contribution in [0.1, 0.15) is 26.7 Å². The minimum atomic E-state index is -0.595. The minimum absolute atomic E-state index is 0.0435. The molecule has 19 heavy (non-hydrogen) atoms. The summed E-state index contributed by atoms with van der Waals surface area (Å²) in [5.41, 5.74) is -0.0435. The molecule has 2 aromatic heterocycles. The van der Waals surface area contributed by atoms with Gasteiger partial charge in [-0.3, -0.25) is 10.1 Å². The molecule has 0 aliphatic heterocycles. The molecule has 1 N–H and O–H groups in total. The van der Waals surface area contributed by atoms with E-state index in [9.17, 15) is 10.1 Å². The van der Waals surface area contributed by atoms with Crippen LogP contribution >= 0.6 is 0 Å². The molecule has 2 heterocycles. The Hall–Kier alpha value is -2.15. The largest absolute Gasteiger partial charge is 0.436 e. The molecular formula is C12H15N3O4. The topological polar surface area (TPSA) is 94.3 Å². The summed E-state index contributed by atoms with van der Waals surface area (Å²) >= 11 is 0. The lowest BCUT2D eigenvalue weighted by Gasteiger charge is -2.18. The highest BCUT2D eigenvalue weighted by Crippen LogP contribution is 2.26. The lowest BCUT2D eigenvalue weighted by molar-refractivity contribution is -0.401. The molecule has 0 aliphatic carbocycles. The van der Waals surface area contributed by atoms with E-state index in [-0.39, 0.29) is 11.4 Å². The molecule has 2 rings (SSSR count). The normalized spacial score (nSPS) is 11.7. The predicted molar refractivity (Wildman–Crippen MR) is 67.5 cm³/mol. The summed E-state index contributed by atoms with van der Waals surface area (Å²) in [4.78, 5) is 14.0. The van der Waals surface area contributed by atoms with Gasteiger partial charge in [0.1, 0.15) is 4.92 Å². The molecule has 2 aromatic rings. The predicted octanol–water partition coefficient (Wildman–Crippen LogP) is 2.73. The quantitative estimate of drug-likeness (QED) is 0.674. The minimum Gasteiger partial charge on any atom is -0.436 e. The van der Waals surface area contributed by atoms with Crippen LogP contribution in [0.2, 0.25) is 0 Å². The number of nitro groups is 1. The monoisotopic (exact) mass is 265 g/mol. The molecule has 0 saturated carbocycles. The zero-order valence-corrected chi connectivity index (χ0v) is 11.0. The van der Waals surface area contributed by atoms with Gasteiger partial charge >= 0.3 is 5.88 Å². The Morgan fingerprint density at radius 3 is 2.63 bits per heavy atom. The van der Waals surface area contributed by atoms with Crippen LogP contribution in [0.25, 0.3) is 11.5 Å². The first-order valence-electron chi connectivity index (χ1n) is 5.79. The molecule has 0 aliphatic rings. The molecule has 0 unspecified atom stereocenters. The zero-order valence-electron chi connectivity index (χ0n) is 11.0. The van der Waals surface area contributed by atoms with Crippen molar-refractivity contribution in [2.45, 2.75) is 32.9 Å². The van der Waals surface area contributed by atoms with Gasteiger partial charge in [-0.2, -0.15) is 0 Å². The summed E-state index contributed by atoms with van der Waals surface area (Å²) in [6.45, 7) is 6.58. The van der Waals surface area contributed by atoms with E-state index in [4.69, 9.17) is 8.83 Å². The maximum Gasteiger partial charge on any atom is 0.433 e. The van der Waals surface area contributed by atoms with Crippen molar-refractivity contribution in [1.82, 2.24) is 10.3 Å². The van der Waals surface area contributed by atoms with E-state index in [2.05, 4.69) is 10.3 Å². The Labute approximate surface area is 109 Å². The summed E-state index contributed by atoms with van der Waals surface area (Å²) in [5, 5.41) is 13.8. The number of furan rings is 1. The first-order valence-corrected chi connectivity index (χ1v) is 5.79. The first-order chi connectivity index (χ1) is 8.85. The highest BCUT2D eigenvalue weighted by molar-refractivity contribution is 5.50. The second-order valence-corrected chi connectivity index (χ2v) is 5.12. The summed E-state index contributed by atoms with van der Waals surface area (Å²) in [5.74, 6) is 0.852. The van der Waals surface area contributed by atoms with Gasteiger partial charge in [-0.15, -0.1) is 0 Å². The Balaban J connectivity index is 2.09. The second kappa shape index (κ2) is 4.85. The molecule has 0 bridgehead atoms. The zero-order chi connectivity index (χ0) is 14.0. The summed E-state index contributed by atoms with van der Waals surface area (Å²) < 4.78 is 10.5. The molecule has 102 valence electrons. The molecule has 0 radical (unpaired) electrons. The Morgan fingerprint density at radius 2 is 2.05 bits per heavy atom. The standard InChI is InChI=1S/C12H15N3O4/c1-12(2,3)14-7-10-13-6-9(18-10)8-4-5-11(19-8)15(16)17/h4-6,14H,7H2,1-3H3. The fourth-order valence-corrected chi connectivity index (χ4v) is 1.40. The molecule has 0 spiro atoms. The number of hydrogen-bond acceptors (Lipinski definition) is 6. The number of rotatable bonds is 4. The van der Waals surface area contributed by atoms with Crippen LogP contribution in [-0.2, 0) is 6.54 Å². The highest BCUT2D eigenvalue weighted by Gasteiger charge is 2.17. The van der Waals surface area contributed by atoms with Crippen LogP contribution in [0.3, 0.4) is 0 Å². The van der Waals surface area contributed by atoms with Crippen molar-refractivity contribution in [2.75, 3.05) is 0 Å². The van der Waals surface area contributed by atoms with E-state index in [1.165, 1.54) is 18.3 Å². The maximum atomic E-state index is 10.5. The lowest BCUT2D eigenvalue weighted by Crippen LogP contribution is -2.35. The summed E-state index contributed by atoms with van der Waals surface area (Å²) in [6.07, 6.45) is 1.49. The smallest absolute Gasteiger partial charge is 0.433 e. The van der Waals surface area contributed by atoms with Crippen molar-refractivity contribution >= 4 is 5.88 Å². The number of aromatic nitrogens is 1. The lowest BCUT2D eigenvalue weighted by atomic mass is 10.1. The fraction of sp³-hybridized carbons (Fsp3) is 0.417. The van der Waals surface area contributed by atoms with E-state index < -0.39 is 4.92 Å². The number of oxazole rings is 1. The third kappa shape index (κ3) is 3.41. The van der Waals surface area contributed by atoms with Gasteiger partial charge in [0.25, 0.3) is 0 Å². The van der Waals surface area contributed by atoms with Gasteiger partial charge in [0.2, 0.25) is 5.89 Å². The highest BCUT2D eigenvalue weighted by atomic mass is 16.6. The Morgan fingerprint density at radius 1 is 1.32 bits per heavy atom. The molecule has 7 nitrogen and oxygen atoms in total. The van der Waals surface area contributed by atoms with Crippen LogP contribution < -0.4 is 5.32 Å². The van der Waals surface area contributed by atoms with Gasteiger partial charge in [-0.1, -0.05) is 0 Å². The SMILES string of the molecule is CC(C)(C)NCc1ncc(-c2ccc([N+](=O)[O-])o2)o1. The van der Waals surface area contributed by atoms with Crippen molar-refractivity contribution in [2.24, 2.45) is 0 Å². The van der Waals surface area contributed by atoms with Gasteiger partial charge in [-0.05, 0) is 26.8 Å². The van der Waals surface area contributed by atoms with Gasteiger partial charge in [0.15, 0.2) is 11.5 Å². The first kappa shape index (κ1) is 13.3. The average Bonchev–Trinajstić information content (AvgIpc) is 2.94. The van der Waals surface area contributed by atoms with E-state index in [0.29, 0.717) is 24.0 Å². The molecular weight excluding hydrogens is 250 g/mol. The second-order valence-electron chi connectivity index (χ2n) is 5.12. The average molecular weight is 265 g/mol. The van der Waals surface area contributed by atoms with Crippen molar-refractivity contribution < 1.29 is 13.8 Å². The van der Waals surface area contributed by atoms with Crippen molar-refractivity contribution in [3.8, 4) is 11.5 Å². The molecule has 0 aromatic carbocycles. The number of nitrogens with one attached hydrogen (secondary N) is 1. The van der Waals surface area contributed by atoms with Gasteiger partial charge in [-0.25, -0.2) is 4.98 Å². The number of hydrogen-bond donors (Lipinski definition) is 1. The van der Waals surface area contributed by atoms with Crippen LogP contribution in [0.4, 0.5) is 5.88 Å². The van der Waals surface area contributed by atoms with Gasteiger partial charge in [0, 0.05) is 5.54 Å². The Kier molecular flexibility index (Phi) is 3.39. The number of nitrogens with zero attached hydrogens (tertiary/aromatic N) is 2. The Bertz CT molecular complexity index is 580. The molecule has 0 amide bonds. The molecule has 0 atom stereocenters. The molecule has 7 heteroatoms. The van der Waals surface area contributed by atoms with Gasteiger partial charge < -0.3 is 14.2 Å². The van der Waals surface area contributed by atoms with Crippen LogP contribution in [0.5, 0.6) is 0 Å². The van der Waals surface area contributed by atoms with E-state index >= 15 is 0 Å². The van der Waals surface area contributed by atoms with Crippen LogP contribution in [0.15, 0.2) is 27.2 Å². The summed E-state index contributed by atoms with van der Waals surface area (Å²) in [6, 6.07) is 2.77. The summed E-state index contributed by atoms with van der Waals surface area (Å²) in [7, 11) is 0. The van der Waals surface area contributed by atoms with Crippen LogP contribution in [0, 0.1) is 10.1 Å². The van der Waals surface area contributed by atoms with Crippen molar-refractivity contribution in [3.05, 3.63) is 34.3 Å². The third-order valence-corrected chi connectivity index (χ3v) is 2.34. The molecule has 0 saturated heterocycles. The third-order valence-electron chi connectivity index (χ3n) is 2.34. The van der Waals surface area contributed by atoms with E-state index in [1.54, 1.807) is 0 Å². The molecule has 0 fully saturated rings. The van der Waals surface area contributed by atoms with E-state index in [0.717, 1.165) is 0 Å². The van der Waals surface area contributed by atoms with E-state index in [1.807, 2.05) is 20.8 Å². The fourth-order valence-electron chi connectivity index (χ4n) is 1.40.